The summed E-state index contributed by atoms with van der Waals surface area (Å²) < 4.78 is 0. The van der Waals surface area contributed by atoms with Crippen LogP contribution in [0.15, 0.2) is 24.3 Å². The van der Waals surface area contributed by atoms with E-state index in [4.69, 9.17) is 0 Å². The van der Waals surface area contributed by atoms with Crippen molar-refractivity contribution in [3.63, 3.8) is 0 Å². The lowest BCUT2D eigenvalue weighted by atomic mass is 10.1. The maximum atomic E-state index is 10.5. The minimum atomic E-state index is -0.368. The van der Waals surface area contributed by atoms with Crippen molar-refractivity contribution < 1.29 is 4.92 Å². The topological polar surface area (TPSA) is 55.2 Å². The van der Waals surface area contributed by atoms with Crippen molar-refractivity contribution in [2.45, 2.75) is 31.7 Å². The summed E-state index contributed by atoms with van der Waals surface area (Å²) in [5.74, 6) is 0. The zero-order valence-corrected chi connectivity index (χ0v) is 9.40. The van der Waals surface area contributed by atoms with Crippen molar-refractivity contribution in [3.05, 3.63) is 39.9 Å². The number of nitro benzene ring substituents is 1. The highest BCUT2D eigenvalue weighted by molar-refractivity contribution is 5.32. The van der Waals surface area contributed by atoms with E-state index in [-0.39, 0.29) is 10.6 Å². The predicted octanol–water partition coefficient (Wildman–Crippen LogP) is 2.28. The van der Waals surface area contributed by atoms with Crippen LogP contribution in [0, 0.1) is 10.1 Å². The van der Waals surface area contributed by atoms with Crippen molar-refractivity contribution in [1.29, 1.82) is 0 Å². The summed E-state index contributed by atoms with van der Waals surface area (Å²) in [5, 5.41) is 13.9. The maximum Gasteiger partial charge on any atom is 0.269 e. The van der Waals surface area contributed by atoms with E-state index < -0.39 is 0 Å². The van der Waals surface area contributed by atoms with E-state index >= 15 is 0 Å². The highest BCUT2D eigenvalue weighted by Crippen LogP contribution is 2.33. The molecule has 1 aliphatic carbocycles. The van der Waals surface area contributed by atoms with Gasteiger partial charge in [0.2, 0.25) is 0 Å². The number of rotatable bonds is 5. The summed E-state index contributed by atoms with van der Waals surface area (Å²) in [6.45, 7) is 3.16. The van der Waals surface area contributed by atoms with Gasteiger partial charge >= 0.3 is 0 Å². The van der Waals surface area contributed by atoms with Crippen LogP contribution < -0.4 is 5.32 Å². The lowest BCUT2D eigenvalue weighted by Gasteiger charge is -2.10. The van der Waals surface area contributed by atoms with Gasteiger partial charge in [-0.05, 0) is 38.3 Å². The molecule has 0 aliphatic heterocycles. The molecule has 1 fully saturated rings. The molecule has 2 rings (SSSR count). The van der Waals surface area contributed by atoms with Crippen molar-refractivity contribution >= 4 is 5.69 Å². The van der Waals surface area contributed by atoms with E-state index in [2.05, 4.69) is 12.2 Å². The van der Waals surface area contributed by atoms with Crippen molar-refractivity contribution in [3.8, 4) is 0 Å². The Kier molecular flexibility index (Phi) is 2.92. The second-order valence-electron chi connectivity index (χ2n) is 4.66. The van der Waals surface area contributed by atoms with Crippen LogP contribution >= 0.6 is 0 Å². The molecule has 1 aromatic rings. The van der Waals surface area contributed by atoms with Crippen LogP contribution in [-0.2, 0) is 6.42 Å². The average molecular weight is 220 g/mol. The summed E-state index contributed by atoms with van der Waals surface area (Å²) in [6.07, 6.45) is 3.44. The Bertz CT molecular complexity index is 383. The first-order valence-corrected chi connectivity index (χ1v) is 5.57. The second kappa shape index (κ2) is 4.22. The number of benzene rings is 1. The molecule has 0 heterocycles. The van der Waals surface area contributed by atoms with E-state index in [1.807, 2.05) is 12.1 Å². The van der Waals surface area contributed by atoms with Gasteiger partial charge in [0.15, 0.2) is 0 Å². The second-order valence-corrected chi connectivity index (χ2v) is 4.66. The molecule has 0 bridgehead atoms. The zero-order chi connectivity index (χ0) is 11.6. The summed E-state index contributed by atoms with van der Waals surface area (Å²) in [5.41, 5.74) is 1.66. The lowest BCUT2D eigenvalue weighted by molar-refractivity contribution is -0.384. The van der Waals surface area contributed by atoms with Gasteiger partial charge in [0.1, 0.15) is 0 Å². The summed E-state index contributed by atoms with van der Waals surface area (Å²) in [6, 6.07) is 6.78. The standard InChI is InChI=1S/C12H16N2O2/c1-12(7-8-12)13-9-6-10-2-4-11(5-3-10)14(15)16/h2-5,13H,6-9H2,1H3. The van der Waals surface area contributed by atoms with Crippen molar-refractivity contribution in [1.82, 2.24) is 5.32 Å². The van der Waals surface area contributed by atoms with E-state index in [1.54, 1.807) is 12.1 Å². The van der Waals surface area contributed by atoms with Crippen LogP contribution in [0.25, 0.3) is 0 Å². The molecule has 0 saturated heterocycles. The number of nitrogens with zero attached hydrogens (tertiary/aromatic N) is 1. The molecule has 0 spiro atoms. The van der Waals surface area contributed by atoms with Crippen LogP contribution in [0.1, 0.15) is 25.3 Å². The third-order valence-corrected chi connectivity index (χ3v) is 3.11. The van der Waals surface area contributed by atoms with Crippen LogP contribution in [0.5, 0.6) is 0 Å². The third-order valence-electron chi connectivity index (χ3n) is 3.11. The molecule has 0 aromatic heterocycles. The molecule has 1 saturated carbocycles. The fourth-order valence-corrected chi connectivity index (χ4v) is 1.66. The average Bonchev–Trinajstić information content (AvgIpc) is 2.97. The lowest BCUT2D eigenvalue weighted by Crippen LogP contribution is -2.29. The minimum absolute atomic E-state index is 0.158. The molecule has 0 unspecified atom stereocenters. The smallest absolute Gasteiger partial charge is 0.269 e. The molecule has 86 valence electrons. The molecule has 1 aliphatic rings. The highest BCUT2D eigenvalue weighted by atomic mass is 16.6. The summed E-state index contributed by atoms with van der Waals surface area (Å²) in [4.78, 5) is 10.1. The number of non-ortho nitro benzene ring substituents is 1. The summed E-state index contributed by atoms with van der Waals surface area (Å²) >= 11 is 0. The van der Waals surface area contributed by atoms with Gasteiger partial charge in [-0.25, -0.2) is 0 Å². The predicted molar refractivity (Wildman–Crippen MR) is 62.4 cm³/mol. The normalized spacial score (nSPS) is 17.1. The molecule has 0 radical (unpaired) electrons. The van der Waals surface area contributed by atoms with Crippen LogP contribution in [0.3, 0.4) is 0 Å². The van der Waals surface area contributed by atoms with E-state index in [1.165, 1.54) is 12.8 Å². The molecule has 1 aromatic carbocycles. The quantitative estimate of drug-likeness (QED) is 0.611. The minimum Gasteiger partial charge on any atom is -0.311 e. The SMILES string of the molecule is CC1(NCCc2ccc([N+](=O)[O-])cc2)CC1. The van der Waals surface area contributed by atoms with Gasteiger partial charge in [-0.15, -0.1) is 0 Å². The van der Waals surface area contributed by atoms with Gasteiger partial charge in [0.25, 0.3) is 5.69 Å². The van der Waals surface area contributed by atoms with Crippen LogP contribution in [0.4, 0.5) is 5.69 Å². The molecule has 1 N–H and O–H groups in total. The van der Waals surface area contributed by atoms with Crippen molar-refractivity contribution in [2.75, 3.05) is 6.54 Å². The van der Waals surface area contributed by atoms with E-state index in [0.29, 0.717) is 5.54 Å². The number of nitrogens with one attached hydrogen (secondary N) is 1. The van der Waals surface area contributed by atoms with Crippen LogP contribution in [-0.4, -0.2) is 17.0 Å². The first kappa shape index (κ1) is 11.1. The van der Waals surface area contributed by atoms with Gasteiger partial charge < -0.3 is 5.32 Å². The number of hydrogen-bond donors (Lipinski definition) is 1. The Morgan fingerprint density at radius 3 is 2.50 bits per heavy atom. The zero-order valence-electron chi connectivity index (χ0n) is 9.40. The van der Waals surface area contributed by atoms with Gasteiger partial charge in [-0.1, -0.05) is 12.1 Å². The molecule has 4 heteroatoms. The van der Waals surface area contributed by atoms with Crippen molar-refractivity contribution in [2.24, 2.45) is 0 Å². The van der Waals surface area contributed by atoms with Gasteiger partial charge in [-0.3, -0.25) is 10.1 Å². The Morgan fingerprint density at radius 1 is 1.38 bits per heavy atom. The molecular formula is C12H16N2O2. The van der Waals surface area contributed by atoms with Gasteiger partial charge in [0.05, 0.1) is 4.92 Å². The molecule has 4 nitrogen and oxygen atoms in total. The highest BCUT2D eigenvalue weighted by Gasteiger charge is 2.35. The Balaban J connectivity index is 1.83. The summed E-state index contributed by atoms with van der Waals surface area (Å²) in [7, 11) is 0. The fourth-order valence-electron chi connectivity index (χ4n) is 1.66. The number of nitro groups is 1. The Morgan fingerprint density at radius 2 is 2.00 bits per heavy atom. The molecule has 16 heavy (non-hydrogen) atoms. The maximum absolute atomic E-state index is 10.5. The molecular weight excluding hydrogens is 204 g/mol. The number of hydrogen-bond acceptors (Lipinski definition) is 3. The van der Waals surface area contributed by atoms with Gasteiger partial charge in [-0.2, -0.15) is 0 Å². The molecule has 0 amide bonds. The largest absolute Gasteiger partial charge is 0.311 e. The van der Waals surface area contributed by atoms with E-state index in [0.717, 1.165) is 18.5 Å². The van der Waals surface area contributed by atoms with Gasteiger partial charge in [0, 0.05) is 17.7 Å². The first-order valence-electron chi connectivity index (χ1n) is 5.57. The monoisotopic (exact) mass is 220 g/mol. The Labute approximate surface area is 94.8 Å². The van der Waals surface area contributed by atoms with Crippen LogP contribution in [0.2, 0.25) is 0 Å². The molecule has 0 atom stereocenters. The van der Waals surface area contributed by atoms with E-state index in [9.17, 15) is 10.1 Å². The fraction of sp³-hybridized carbons (Fsp3) is 0.500. The Hall–Kier alpha value is -1.42. The third kappa shape index (κ3) is 2.79. The first-order chi connectivity index (χ1) is 7.59.